The fourth-order valence-corrected chi connectivity index (χ4v) is 1.82. The van der Waals surface area contributed by atoms with Crippen molar-refractivity contribution in [3.63, 3.8) is 0 Å². The summed E-state index contributed by atoms with van der Waals surface area (Å²) in [5, 5.41) is 2.60. The Kier molecular flexibility index (Phi) is 4.73. The molecule has 0 fully saturated rings. The van der Waals surface area contributed by atoms with Gasteiger partial charge in [-0.15, -0.1) is 0 Å². The number of aryl methyl sites for hydroxylation is 1. The Morgan fingerprint density at radius 3 is 2.61 bits per heavy atom. The van der Waals surface area contributed by atoms with Gasteiger partial charge in [0.25, 0.3) is 0 Å². The van der Waals surface area contributed by atoms with E-state index in [1.54, 1.807) is 26.8 Å². The molecule has 5 heteroatoms. The summed E-state index contributed by atoms with van der Waals surface area (Å²) in [5.41, 5.74) is 1.09. The van der Waals surface area contributed by atoms with Crippen LogP contribution in [0.4, 0.5) is 9.18 Å². The number of carbonyl (C=O) groups excluding carboxylic acids is 1. The van der Waals surface area contributed by atoms with Gasteiger partial charge >= 0.3 is 6.09 Å². The summed E-state index contributed by atoms with van der Waals surface area (Å²) in [5.74, 6) is -0.346. The predicted molar refractivity (Wildman–Crippen MR) is 71.9 cm³/mol. The van der Waals surface area contributed by atoms with E-state index in [0.717, 1.165) is 11.1 Å². The summed E-state index contributed by atoms with van der Waals surface area (Å²) < 4.78 is 18.9. The Balaban J connectivity index is 2.64. The number of rotatable bonds is 2. The van der Waals surface area contributed by atoms with Crippen molar-refractivity contribution in [2.24, 2.45) is 0 Å². The maximum Gasteiger partial charge on any atom is 0.407 e. The SMILES string of the molecule is Cc1cc(Br)c(F)cc1CNC(=O)OC(C)(C)C. The third-order valence-electron chi connectivity index (χ3n) is 2.20. The summed E-state index contributed by atoms with van der Waals surface area (Å²) in [6.45, 7) is 7.46. The molecule has 0 unspecified atom stereocenters. The zero-order chi connectivity index (χ0) is 13.9. The van der Waals surface area contributed by atoms with Crippen LogP contribution in [-0.4, -0.2) is 11.7 Å². The Labute approximate surface area is 115 Å². The molecule has 1 aromatic rings. The van der Waals surface area contributed by atoms with Crippen molar-refractivity contribution in [2.75, 3.05) is 0 Å². The van der Waals surface area contributed by atoms with Gasteiger partial charge in [0.05, 0.1) is 4.47 Å². The van der Waals surface area contributed by atoms with Crippen molar-refractivity contribution in [3.8, 4) is 0 Å². The molecule has 1 rings (SSSR count). The first kappa shape index (κ1) is 15.0. The molecule has 18 heavy (non-hydrogen) atoms. The van der Waals surface area contributed by atoms with Crippen molar-refractivity contribution < 1.29 is 13.9 Å². The smallest absolute Gasteiger partial charge is 0.407 e. The van der Waals surface area contributed by atoms with E-state index in [-0.39, 0.29) is 12.4 Å². The molecule has 1 N–H and O–H groups in total. The number of hydrogen-bond acceptors (Lipinski definition) is 2. The molecule has 0 saturated heterocycles. The third kappa shape index (κ3) is 4.64. The zero-order valence-corrected chi connectivity index (χ0v) is 12.5. The van der Waals surface area contributed by atoms with Gasteiger partial charge in [-0.1, -0.05) is 0 Å². The molecular weight excluding hydrogens is 301 g/mol. The number of carbonyl (C=O) groups is 1. The van der Waals surface area contributed by atoms with Gasteiger partial charge in [0.2, 0.25) is 0 Å². The Bertz CT molecular complexity index is 455. The summed E-state index contributed by atoms with van der Waals surface area (Å²) in [4.78, 5) is 11.5. The van der Waals surface area contributed by atoms with E-state index in [9.17, 15) is 9.18 Å². The molecule has 0 aliphatic heterocycles. The van der Waals surface area contributed by atoms with Crippen LogP contribution in [0.5, 0.6) is 0 Å². The summed E-state index contributed by atoms with van der Waals surface area (Å²) in [6, 6.07) is 3.08. The number of alkyl carbamates (subject to hydrolysis) is 1. The van der Waals surface area contributed by atoms with Crippen LogP contribution in [0.15, 0.2) is 16.6 Å². The maximum atomic E-state index is 13.4. The number of ether oxygens (including phenoxy) is 1. The van der Waals surface area contributed by atoms with Crippen molar-refractivity contribution in [2.45, 2.75) is 39.8 Å². The van der Waals surface area contributed by atoms with E-state index in [2.05, 4.69) is 21.2 Å². The van der Waals surface area contributed by atoms with E-state index >= 15 is 0 Å². The quantitative estimate of drug-likeness (QED) is 0.897. The minimum atomic E-state index is -0.538. The van der Waals surface area contributed by atoms with Gasteiger partial charge in [0, 0.05) is 6.54 Å². The molecule has 100 valence electrons. The largest absolute Gasteiger partial charge is 0.444 e. The van der Waals surface area contributed by atoms with Crippen LogP contribution in [0.3, 0.4) is 0 Å². The van der Waals surface area contributed by atoms with E-state index in [1.807, 2.05) is 6.92 Å². The van der Waals surface area contributed by atoms with Crippen molar-refractivity contribution in [3.05, 3.63) is 33.5 Å². The number of amides is 1. The highest BCUT2D eigenvalue weighted by molar-refractivity contribution is 9.10. The average molecular weight is 318 g/mol. The standard InChI is InChI=1S/C13H17BrFNO2/c1-8-5-10(14)11(15)6-9(8)7-16-12(17)18-13(2,3)4/h5-6H,7H2,1-4H3,(H,16,17). The second-order valence-electron chi connectivity index (χ2n) is 5.05. The van der Waals surface area contributed by atoms with Crippen LogP contribution < -0.4 is 5.32 Å². The molecule has 0 radical (unpaired) electrons. The minimum absolute atomic E-state index is 0.241. The Morgan fingerprint density at radius 1 is 1.44 bits per heavy atom. The molecular formula is C13H17BrFNO2. The van der Waals surface area contributed by atoms with Gasteiger partial charge in [0.1, 0.15) is 11.4 Å². The fraction of sp³-hybridized carbons (Fsp3) is 0.462. The van der Waals surface area contributed by atoms with Crippen LogP contribution in [0.1, 0.15) is 31.9 Å². The lowest BCUT2D eigenvalue weighted by Crippen LogP contribution is -2.32. The van der Waals surface area contributed by atoms with Crippen molar-refractivity contribution >= 4 is 22.0 Å². The summed E-state index contributed by atoms with van der Waals surface area (Å²) in [6.07, 6.45) is -0.509. The second kappa shape index (κ2) is 5.69. The molecule has 0 atom stereocenters. The lowest BCUT2D eigenvalue weighted by atomic mass is 10.1. The van der Waals surface area contributed by atoms with Gasteiger partial charge in [-0.05, 0) is 66.9 Å². The van der Waals surface area contributed by atoms with Crippen LogP contribution in [0, 0.1) is 12.7 Å². The number of benzene rings is 1. The molecule has 0 saturated carbocycles. The monoisotopic (exact) mass is 317 g/mol. The molecule has 1 amide bonds. The molecule has 0 aliphatic carbocycles. The molecule has 0 spiro atoms. The highest BCUT2D eigenvalue weighted by Crippen LogP contribution is 2.20. The highest BCUT2D eigenvalue weighted by atomic mass is 79.9. The Morgan fingerprint density at radius 2 is 2.06 bits per heavy atom. The van der Waals surface area contributed by atoms with Gasteiger partial charge < -0.3 is 10.1 Å². The first-order valence-electron chi connectivity index (χ1n) is 5.60. The van der Waals surface area contributed by atoms with Crippen LogP contribution in [0.25, 0.3) is 0 Å². The van der Waals surface area contributed by atoms with Crippen molar-refractivity contribution in [1.82, 2.24) is 5.32 Å². The van der Waals surface area contributed by atoms with E-state index in [4.69, 9.17) is 4.74 Å². The minimum Gasteiger partial charge on any atom is -0.444 e. The highest BCUT2D eigenvalue weighted by Gasteiger charge is 2.16. The summed E-state index contributed by atoms with van der Waals surface area (Å²) in [7, 11) is 0. The second-order valence-corrected chi connectivity index (χ2v) is 5.90. The van der Waals surface area contributed by atoms with Gasteiger partial charge in [-0.3, -0.25) is 0 Å². The van der Waals surface area contributed by atoms with Gasteiger partial charge in [0.15, 0.2) is 0 Å². The van der Waals surface area contributed by atoms with Crippen LogP contribution >= 0.6 is 15.9 Å². The summed E-state index contributed by atoms with van der Waals surface area (Å²) >= 11 is 3.11. The topological polar surface area (TPSA) is 38.3 Å². The molecule has 0 aromatic heterocycles. The van der Waals surface area contributed by atoms with Crippen LogP contribution in [-0.2, 0) is 11.3 Å². The first-order valence-corrected chi connectivity index (χ1v) is 6.40. The fourth-order valence-electron chi connectivity index (χ4n) is 1.36. The van der Waals surface area contributed by atoms with Gasteiger partial charge in [-0.2, -0.15) is 0 Å². The zero-order valence-electron chi connectivity index (χ0n) is 10.9. The number of hydrogen-bond donors (Lipinski definition) is 1. The Hall–Kier alpha value is -1.10. The van der Waals surface area contributed by atoms with Gasteiger partial charge in [-0.25, -0.2) is 9.18 Å². The van der Waals surface area contributed by atoms with Crippen LogP contribution in [0.2, 0.25) is 0 Å². The molecule has 3 nitrogen and oxygen atoms in total. The molecule has 1 aromatic carbocycles. The molecule has 0 heterocycles. The number of halogens is 2. The van der Waals surface area contributed by atoms with E-state index < -0.39 is 11.7 Å². The van der Waals surface area contributed by atoms with E-state index in [0.29, 0.717) is 4.47 Å². The normalized spacial score (nSPS) is 11.2. The molecule has 0 bridgehead atoms. The average Bonchev–Trinajstić information content (AvgIpc) is 2.19. The van der Waals surface area contributed by atoms with Crippen molar-refractivity contribution in [1.29, 1.82) is 0 Å². The lowest BCUT2D eigenvalue weighted by Gasteiger charge is -2.20. The first-order chi connectivity index (χ1) is 8.19. The van der Waals surface area contributed by atoms with E-state index in [1.165, 1.54) is 6.07 Å². The molecule has 0 aliphatic rings. The maximum absolute atomic E-state index is 13.4. The lowest BCUT2D eigenvalue weighted by molar-refractivity contribution is 0.0523. The third-order valence-corrected chi connectivity index (χ3v) is 2.81. The number of nitrogens with one attached hydrogen (secondary N) is 1. The predicted octanol–water partition coefficient (Wildman–Crippen LogP) is 3.92.